The zero-order valence-corrected chi connectivity index (χ0v) is 10.9. The number of carbonyl (C=O) groups is 1. The molecule has 1 N–H and O–H groups in total. The number of furan rings is 1. The Balaban J connectivity index is 1.81. The van der Waals surface area contributed by atoms with Crippen LogP contribution in [0.4, 0.5) is 10.5 Å². The average molecular weight is 267 g/mol. The number of rotatable bonds is 2. The quantitative estimate of drug-likeness (QED) is 0.750. The van der Waals surface area contributed by atoms with Crippen molar-refractivity contribution in [2.75, 3.05) is 5.32 Å². The monoisotopic (exact) mass is 267 g/mol. The van der Waals surface area contributed by atoms with Crippen LogP contribution in [0, 0.1) is 6.92 Å². The molecule has 3 aromatic rings. The molecule has 0 radical (unpaired) electrons. The van der Waals surface area contributed by atoms with Gasteiger partial charge in [0.1, 0.15) is 11.5 Å². The second-order valence-corrected chi connectivity index (χ2v) is 4.41. The van der Waals surface area contributed by atoms with Gasteiger partial charge in [0, 0.05) is 5.39 Å². The fraction of sp³-hybridized carbons (Fsp3) is 0.0625. The first-order valence-corrected chi connectivity index (χ1v) is 6.25. The summed E-state index contributed by atoms with van der Waals surface area (Å²) in [5.74, 6) is 1.29. The predicted molar refractivity (Wildman–Crippen MR) is 77.0 cm³/mol. The molecule has 20 heavy (non-hydrogen) atoms. The number of amides is 1. The summed E-state index contributed by atoms with van der Waals surface area (Å²) in [6.07, 6.45) is -0.544. The molecular formula is C16H13NO3. The summed E-state index contributed by atoms with van der Waals surface area (Å²) in [4.78, 5) is 11.9. The Hall–Kier alpha value is -2.75. The molecule has 1 amide bonds. The van der Waals surface area contributed by atoms with Crippen LogP contribution in [0.25, 0.3) is 11.0 Å². The van der Waals surface area contributed by atoms with Gasteiger partial charge in [0.2, 0.25) is 0 Å². The lowest BCUT2D eigenvalue weighted by Gasteiger charge is -2.06. The highest BCUT2D eigenvalue weighted by Crippen LogP contribution is 2.26. The second kappa shape index (κ2) is 5.09. The van der Waals surface area contributed by atoms with Crippen molar-refractivity contribution < 1.29 is 13.9 Å². The Bertz CT molecular complexity index is 747. The van der Waals surface area contributed by atoms with E-state index in [1.807, 2.05) is 31.2 Å². The minimum Gasteiger partial charge on any atom is -0.459 e. The van der Waals surface area contributed by atoms with Crippen molar-refractivity contribution in [3.63, 3.8) is 0 Å². The van der Waals surface area contributed by atoms with Gasteiger partial charge >= 0.3 is 6.09 Å². The van der Waals surface area contributed by atoms with Crippen molar-refractivity contribution in [1.29, 1.82) is 0 Å². The molecule has 4 heteroatoms. The van der Waals surface area contributed by atoms with Crippen LogP contribution in [0.5, 0.6) is 5.75 Å². The summed E-state index contributed by atoms with van der Waals surface area (Å²) < 4.78 is 10.8. The van der Waals surface area contributed by atoms with Gasteiger partial charge < -0.3 is 9.15 Å². The largest absolute Gasteiger partial charge is 0.459 e. The van der Waals surface area contributed by atoms with E-state index in [9.17, 15) is 4.79 Å². The van der Waals surface area contributed by atoms with Gasteiger partial charge in [0.25, 0.3) is 0 Å². The van der Waals surface area contributed by atoms with E-state index < -0.39 is 6.09 Å². The van der Waals surface area contributed by atoms with Gasteiger partial charge in [-0.1, -0.05) is 30.3 Å². The van der Waals surface area contributed by atoms with Gasteiger partial charge in [0.05, 0.1) is 5.69 Å². The number of ether oxygens (including phenoxy) is 1. The number of carbonyl (C=O) groups excluding carboxylic acids is 1. The van der Waals surface area contributed by atoms with E-state index in [1.165, 1.54) is 0 Å². The summed E-state index contributed by atoms with van der Waals surface area (Å²) in [5, 5.41) is 3.64. The molecule has 0 aliphatic heterocycles. The molecule has 0 fully saturated rings. The third-order valence-electron chi connectivity index (χ3n) is 2.86. The molecular weight excluding hydrogens is 254 g/mol. The number of hydrogen-bond donors (Lipinski definition) is 1. The molecule has 100 valence electrons. The zero-order chi connectivity index (χ0) is 13.9. The highest BCUT2D eigenvalue weighted by molar-refractivity contribution is 5.97. The predicted octanol–water partition coefficient (Wildman–Crippen LogP) is 4.35. The number of hydrogen-bond acceptors (Lipinski definition) is 3. The van der Waals surface area contributed by atoms with Gasteiger partial charge in [0.15, 0.2) is 5.58 Å². The van der Waals surface area contributed by atoms with Gasteiger partial charge in [-0.25, -0.2) is 4.79 Å². The van der Waals surface area contributed by atoms with E-state index >= 15 is 0 Å². The van der Waals surface area contributed by atoms with Crippen LogP contribution >= 0.6 is 0 Å². The normalized spacial score (nSPS) is 10.4. The smallest absolute Gasteiger partial charge is 0.417 e. The molecule has 0 saturated carbocycles. The molecule has 1 aromatic heterocycles. The summed E-state index contributed by atoms with van der Waals surface area (Å²) in [7, 11) is 0. The molecule has 4 nitrogen and oxygen atoms in total. The third-order valence-corrected chi connectivity index (χ3v) is 2.86. The molecule has 0 saturated heterocycles. The molecule has 1 heterocycles. The Morgan fingerprint density at radius 2 is 1.90 bits per heavy atom. The first-order chi connectivity index (χ1) is 9.72. The lowest BCUT2D eigenvalue weighted by molar-refractivity contribution is 0.215. The van der Waals surface area contributed by atoms with Crippen LogP contribution in [0.3, 0.4) is 0 Å². The SMILES string of the molecule is Cc1cc2cccc(NC(=O)Oc3ccccc3)c2o1. The van der Waals surface area contributed by atoms with Crippen LogP contribution in [0.2, 0.25) is 0 Å². The molecule has 0 unspecified atom stereocenters. The molecule has 3 rings (SSSR count). The first-order valence-electron chi connectivity index (χ1n) is 6.25. The van der Waals surface area contributed by atoms with E-state index in [2.05, 4.69) is 5.32 Å². The van der Waals surface area contributed by atoms with E-state index in [0.29, 0.717) is 17.0 Å². The van der Waals surface area contributed by atoms with E-state index in [-0.39, 0.29) is 0 Å². The maximum atomic E-state index is 11.9. The molecule has 0 spiro atoms. The van der Waals surface area contributed by atoms with E-state index in [0.717, 1.165) is 11.1 Å². The number of para-hydroxylation sites is 2. The van der Waals surface area contributed by atoms with Crippen LogP contribution in [-0.2, 0) is 0 Å². The second-order valence-electron chi connectivity index (χ2n) is 4.41. The summed E-state index contributed by atoms with van der Waals surface area (Å²) >= 11 is 0. The maximum absolute atomic E-state index is 11.9. The number of anilines is 1. The van der Waals surface area contributed by atoms with Gasteiger partial charge in [-0.2, -0.15) is 0 Å². The maximum Gasteiger partial charge on any atom is 0.417 e. The van der Waals surface area contributed by atoms with Crippen molar-refractivity contribution in [2.45, 2.75) is 6.92 Å². The van der Waals surface area contributed by atoms with Crippen molar-refractivity contribution >= 4 is 22.7 Å². The van der Waals surface area contributed by atoms with Gasteiger partial charge in [-0.05, 0) is 31.2 Å². The molecule has 2 aromatic carbocycles. The highest BCUT2D eigenvalue weighted by Gasteiger charge is 2.10. The lowest BCUT2D eigenvalue weighted by atomic mass is 10.2. The average Bonchev–Trinajstić information content (AvgIpc) is 2.81. The first kappa shape index (κ1) is 12.3. The number of benzene rings is 2. The fourth-order valence-electron chi connectivity index (χ4n) is 2.02. The van der Waals surface area contributed by atoms with Crippen molar-refractivity contribution in [1.82, 2.24) is 0 Å². The van der Waals surface area contributed by atoms with Gasteiger partial charge in [-0.3, -0.25) is 5.32 Å². The third kappa shape index (κ3) is 2.49. The minimum absolute atomic E-state index is 0.493. The number of aryl methyl sites for hydroxylation is 1. The standard InChI is InChI=1S/C16H13NO3/c1-11-10-12-6-5-9-14(15(12)19-11)17-16(18)20-13-7-3-2-4-8-13/h2-10H,1H3,(H,17,18). The van der Waals surface area contributed by atoms with Crippen molar-refractivity contribution in [3.8, 4) is 5.75 Å². The Labute approximate surface area is 116 Å². The summed E-state index contributed by atoms with van der Waals surface area (Å²) in [6, 6.07) is 16.4. The van der Waals surface area contributed by atoms with Crippen molar-refractivity contribution in [2.24, 2.45) is 0 Å². The van der Waals surface area contributed by atoms with E-state index in [1.54, 1.807) is 30.3 Å². The fourth-order valence-corrected chi connectivity index (χ4v) is 2.02. The molecule has 0 atom stereocenters. The highest BCUT2D eigenvalue weighted by atomic mass is 16.6. The van der Waals surface area contributed by atoms with Crippen LogP contribution in [0.15, 0.2) is 59.0 Å². The zero-order valence-electron chi connectivity index (χ0n) is 10.9. The lowest BCUT2D eigenvalue weighted by Crippen LogP contribution is -2.16. The molecule has 0 bridgehead atoms. The number of fused-ring (bicyclic) bond motifs is 1. The topological polar surface area (TPSA) is 51.5 Å². The molecule has 0 aliphatic carbocycles. The summed E-state index contributed by atoms with van der Waals surface area (Å²) in [6.45, 7) is 1.87. The number of nitrogens with one attached hydrogen (secondary N) is 1. The summed E-state index contributed by atoms with van der Waals surface area (Å²) in [5.41, 5.74) is 1.24. The van der Waals surface area contributed by atoms with E-state index in [4.69, 9.17) is 9.15 Å². The van der Waals surface area contributed by atoms with Gasteiger partial charge in [-0.15, -0.1) is 0 Å². The Kier molecular flexibility index (Phi) is 3.13. The Morgan fingerprint density at radius 1 is 1.10 bits per heavy atom. The van der Waals surface area contributed by atoms with Crippen LogP contribution in [0.1, 0.15) is 5.76 Å². The Morgan fingerprint density at radius 3 is 2.70 bits per heavy atom. The van der Waals surface area contributed by atoms with Crippen LogP contribution < -0.4 is 10.1 Å². The van der Waals surface area contributed by atoms with Crippen LogP contribution in [-0.4, -0.2) is 6.09 Å². The van der Waals surface area contributed by atoms with Crippen molar-refractivity contribution in [3.05, 3.63) is 60.4 Å². The molecule has 0 aliphatic rings. The minimum atomic E-state index is -0.544.